The Bertz CT molecular complexity index is 324. The minimum Gasteiger partial charge on any atom is -0.492 e. The Balaban J connectivity index is 2.24. The zero-order valence-electron chi connectivity index (χ0n) is 9.33. The van der Waals surface area contributed by atoms with Crippen LogP contribution in [-0.4, -0.2) is 24.9 Å². The molecular formula is C12H16ClNO2. The molecule has 1 N–H and O–H groups in total. The Labute approximate surface area is 101 Å². The SMILES string of the molecule is CCc1ccc(OCCNC(=O)CCl)cc1. The molecule has 16 heavy (non-hydrogen) atoms. The fraction of sp³-hybridized carbons (Fsp3) is 0.417. The van der Waals surface area contributed by atoms with Gasteiger partial charge in [0.1, 0.15) is 18.2 Å². The van der Waals surface area contributed by atoms with Gasteiger partial charge in [-0.25, -0.2) is 0 Å². The van der Waals surface area contributed by atoms with Crippen molar-refractivity contribution < 1.29 is 9.53 Å². The number of halogens is 1. The molecule has 0 aliphatic carbocycles. The van der Waals surface area contributed by atoms with Crippen molar-refractivity contribution >= 4 is 17.5 Å². The first-order valence-electron chi connectivity index (χ1n) is 5.30. The van der Waals surface area contributed by atoms with Gasteiger partial charge in [0.05, 0.1) is 6.54 Å². The third-order valence-corrected chi connectivity index (χ3v) is 2.39. The predicted molar refractivity (Wildman–Crippen MR) is 65.0 cm³/mol. The van der Waals surface area contributed by atoms with E-state index >= 15 is 0 Å². The lowest BCUT2D eigenvalue weighted by Gasteiger charge is -2.07. The molecule has 3 nitrogen and oxygen atoms in total. The van der Waals surface area contributed by atoms with E-state index < -0.39 is 0 Å². The number of hydrogen-bond acceptors (Lipinski definition) is 2. The summed E-state index contributed by atoms with van der Waals surface area (Å²) in [6.45, 7) is 3.03. The lowest BCUT2D eigenvalue weighted by molar-refractivity contribution is -0.118. The van der Waals surface area contributed by atoms with Crippen molar-refractivity contribution in [2.75, 3.05) is 19.0 Å². The summed E-state index contributed by atoms with van der Waals surface area (Å²) in [7, 11) is 0. The maximum Gasteiger partial charge on any atom is 0.235 e. The van der Waals surface area contributed by atoms with E-state index in [1.54, 1.807) is 0 Å². The van der Waals surface area contributed by atoms with Crippen LogP contribution in [0.5, 0.6) is 5.75 Å². The van der Waals surface area contributed by atoms with E-state index in [1.165, 1.54) is 5.56 Å². The van der Waals surface area contributed by atoms with Crippen LogP contribution in [0.25, 0.3) is 0 Å². The van der Waals surface area contributed by atoms with Crippen LogP contribution in [0.1, 0.15) is 12.5 Å². The zero-order chi connectivity index (χ0) is 11.8. The van der Waals surface area contributed by atoms with Gasteiger partial charge in [0, 0.05) is 0 Å². The van der Waals surface area contributed by atoms with Crippen molar-refractivity contribution in [3.8, 4) is 5.75 Å². The van der Waals surface area contributed by atoms with Crippen LogP contribution < -0.4 is 10.1 Å². The Morgan fingerprint density at radius 2 is 2.06 bits per heavy atom. The number of amides is 1. The molecule has 4 heteroatoms. The molecule has 0 aliphatic heterocycles. The number of hydrogen-bond donors (Lipinski definition) is 1. The van der Waals surface area contributed by atoms with Gasteiger partial charge in [-0.1, -0.05) is 19.1 Å². The molecule has 1 aromatic carbocycles. The number of aryl methyl sites for hydroxylation is 1. The quantitative estimate of drug-likeness (QED) is 0.611. The first kappa shape index (κ1) is 12.8. The lowest BCUT2D eigenvalue weighted by Crippen LogP contribution is -2.28. The highest BCUT2D eigenvalue weighted by atomic mass is 35.5. The standard InChI is InChI=1S/C12H16ClNO2/c1-2-10-3-5-11(6-4-10)16-8-7-14-12(15)9-13/h3-6H,2,7-9H2,1H3,(H,14,15). The highest BCUT2D eigenvalue weighted by Crippen LogP contribution is 2.11. The molecule has 88 valence electrons. The Kier molecular flexibility index (Phi) is 5.72. The number of benzene rings is 1. The normalized spacial score (nSPS) is 9.88. The third kappa shape index (κ3) is 4.53. The van der Waals surface area contributed by atoms with Gasteiger partial charge in [-0.2, -0.15) is 0 Å². The first-order chi connectivity index (χ1) is 7.76. The van der Waals surface area contributed by atoms with Crippen molar-refractivity contribution in [1.29, 1.82) is 0 Å². The number of nitrogens with one attached hydrogen (secondary N) is 1. The summed E-state index contributed by atoms with van der Waals surface area (Å²) in [6, 6.07) is 7.93. The molecule has 0 aromatic heterocycles. The molecule has 0 radical (unpaired) electrons. The van der Waals surface area contributed by atoms with Gasteiger partial charge in [0.2, 0.25) is 5.91 Å². The number of carbonyl (C=O) groups excluding carboxylic acids is 1. The Morgan fingerprint density at radius 1 is 1.38 bits per heavy atom. The van der Waals surface area contributed by atoms with Crippen LogP contribution >= 0.6 is 11.6 Å². The monoisotopic (exact) mass is 241 g/mol. The van der Waals surface area contributed by atoms with Crippen molar-refractivity contribution in [3.63, 3.8) is 0 Å². The summed E-state index contributed by atoms with van der Waals surface area (Å²) < 4.78 is 5.44. The summed E-state index contributed by atoms with van der Waals surface area (Å²) >= 11 is 5.33. The smallest absolute Gasteiger partial charge is 0.235 e. The summed E-state index contributed by atoms with van der Waals surface area (Å²) in [5, 5.41) is 2.63. The van der Waals surface area contributed by atoms with Gasteiger partial charge in [0.15, 0.2) is 0 Å². The third-order valence-electron chi connectivity index (χ3n) is 2.15. The highest BCUT2D eigenvalue weighted by Gasteiger charge is 1.97. The summed E-state index contributed by atoms with van der Waals surface area (Å²) in [5.41, 5.74) is 1.28. The second-order valence-electron chi connectivity index (χ2n) is 3.33. The highest BCUT2D eigenvalue weighted by molar-refractivity contribution is 6.27. The van der Waals surface area contributed by atoms with E-state index in [0.717, 1.165) is 12.2 Å². The van der Waals surface area contributed by atoms with Gasteiger partial charge in [0.25, 0.3) is 0 Å². The molecule has 0 fully saturated rings. The molecule has 0 saturated heterocycles. The fourth-order valence-corrected chi connectivity index (χ4v) is 1.32. The Morgan fingerprint density at radius 3 is 2.62 bits per heavy atom. The van der Waals surface area contributed by atoms with Gasteiger partial charge < -0.3 is 10.1 Å². The lowest BCUT2D eigenvalue weighted by atomic mass is 10.2. The molecule has 0 atom stereocenters. The average molecular weight is 242 g/mol. The van der Waals surface area contributed by atoms with Crippen LogP contribution in [0.4, 0.5) is 0 Å². The average Bonchev–Trinajstić information content (AvgIpc) is 2.35. The van der Waals surface area contributed by atoms with Crippen LogP contribution in [0.15, 0.2) is 24.3 Å². The topological polar surface area (TPSA) is 38.3 Å². The maximum atomic E-state index is 10.8. The summed E-state index contributed by atoms with van der Waals surface area (Å²) in [4.78, 5) is 10.8. The minimum absolute atomic E-state index is 0.00873. The number of alkyl halides is 1. The van der Waals surface area contributed by atoms with E-state index in [9.17, 15) is 4.79 Å². The second-order valence-corrected chi connectivity index (χ2v) is 3.60. The van der Waals surface area contributed by atoms with Gasteiger partial charge in [-0.3, -0.25) is 4.79 Å². The number of ether oxygens (including phenoxy) is 1. The molecule has 1 amide bonds. The number of rotatable bonds is 6. The molecular weight excluding hydrogens is 226 g/mol. The largest absolute Gasteiger partial charge is 0.492 e. The molecule has 0 unspecified atom stereocenters. The van der Waals surface area contributed by atoms with E-state index in [0.29, 0.717) is 13.2 Å². The summed E-state index contributed by atoms with van der Waals surface area (Å²) in [5.74, 6) is 0.634. The zero-order valence-corrected chi connectivity index (χ0v) is 10.1. The van der Waals surface area contributed by atoms with E-state index in [4.69, 9.17) is 16.3 Å². The van der Waals surface area contributed by atoms with Crippen LogP contribution in [0.2, 0.25) is 0 Å². The minimum atomic E-state index is -0.174. The van der Waals surface area contributed by atoms with Gasteiger partial charge in [-0.15, -0.1) is 11.6 Å². The van der Waals surface area contributed by atoms with E-state index in [1.807, 2.05) is 24.3 Å². The predicted octanol–water partition coefficient (Wildman–Crippen LogP) is 1.98. The molecule has 0 spiro atoms. The van der Waals surface area contributed by atoms with Crippen LogP contribution in [0.3, 0.4) is 0 Å². The second kappa shape index (κ2) is 7.12. The molecule has 0 saturated carbocycles. The van der Waals surface area contributed by atoms with Crippen molar-refractivity contribution in [1.82, 2.24) is 5.32 Å². The van der Waals surface area contributed by atoms with E-state index in [2.05, 4.69) is 12.2 Å². The molecule has 0 bridgehead atoms. The first-order valence-corrected chi connectivity index (χ1v) is 5.84. The Hall–Kier alpha value is -1.22. The van der Waals surface area contributed by atoms with Crippen molar-refractivity contribution in [2.24, 2.45) is 0 Å². The van der Waals surface area contributed by atoms with Crippen LogP contribution in [0, 0.1) is 0 Å². The molecule has 0 heterocycles. The molecule has 1 aromatic rings. The fourth-order valence-electron chi connectivity index (χ4n) is 1.23. The van der Waals surface area contributed by atoms with E-state index in [-0.39, 0.29) is 11.8 Å². The van der Waals surface area contributed by atoms with Gasteiger partial charge in [-0.05, 0) is 24.1 Å². The molecule has 1 rings (SSSR count). The van der Waals surface area contributed by atoms with Crippen molar-refractivity contribution in [2.45, 2.75) is 13.3 Å². The number of carbonyl (C=O) groups is 1. The summed E-state index contributed by atoms with van der Waals surface area (Å²) in [6.07, 6.45) is 1.02. The maximum absolute atomic E-state index is 10.8. The van der Waals surface area contributed by atoms with Crippen LogP contribution in [-0.2, 0) is 11.2 Å². The van der Waals surface area contributed by atoms with Gasteiger partial charge >= 0.3 is 0 Å². The molecule has 0 aliphatic rings. The van der Waals surface area contributed by atoms with Crippen molar-refractivity contribution in [3.05, 3.63) is 29.8 Å².